The molecule has 98 valence electrons. The van der Waals surface area contributed by atoms with Crippen molar-refractivity contribution in [2.45, 2.75) is 4.90 Å². The van der Waals surface area contributed by atoms with Crippen molar-refractivity contribution in [1.82, 2.24) is 0 Å². The molecule has 0 fully saturated rings. The molecule has 0 aliphatic heterocycles. The summed E-state index contributed by atoms with van der Waals surface area (Å²) in [5, 5.41) is 13.3. The van der Waals surface area contributed by atoms with Gasteiger partial charge in [0.15, 0.2) is 0 Å². The lowest BCUT2D eigenvalue weighted by molar-refractivity contribution is -0.113. The maximum atomic E-state index is 11.7. The average molecular weight is 293 g/mol. The molecular weight excluding hydrogens is 282 g/mol. The van der Waals surface area contributed by atoms with Crippen LogP contribution in [0.1, 0.15) is 9.67 Å². The topological polar surface area (TPSA) is 66.4 Å². The number of amides is 1. The molecule has 19 heavy (non-hydrogen) atoms. The first kappa shape index (κ1) is 13.6. The number of carbonyl (C=O) groups is 2. The molecule has 2 N–H and O–H groups in total. The van der Waals surface area contributed by atoms with E-state index in [0.29, 0.717) is 0 Å². The Morgan fingerprint density at radius 2 is 2.00 bits per heavy atom. The predicted molar refractivity (Wildman–Crippen MR) is 77.1 cm³/mol. The lowest BCUT2D eigenvalue weighted by Gasteiger charge is -2.03. The predicted octanol–water partition coefficient (Wildman–Crippen LogP) is 3.18. The maximum absolute atomic E-state index is 11.7. The van der Waals surface area contributed by atoms with Crippen LogP contribution in [-0.4, -0.2) is 22.7 Å². The van der Waals surface area contributed by atoms with Crippen LogP contribution >= 0.6 is 23.1 Å². The van der Waals surface area contributed by atoms with Crippen LogP contribution in [0.15, 0.2) is 46.7 Å². The first-order valence-electron chi connectivity index (χ1n) is 5.44. The number of carboxylic acid groups (broad SMARTS) is 1. The molecule has 0 saturated carbocycles. The van der Waals surface area contributed by atoms with E-state index in [9.17, 15) is 9.59 Å². The van der Waals surface area contributed by atoms with Gasteiger partial charge in [0.25, 0.3) is 0 Å². The quantitative estimate of drug-likeness (QED) is 0.831. The van der Waals surface area contributed by atoms with Gasteiger partial charge in [-0.15, -0.1) is 23.1 Å². The molecule has 2 rings (SSSR count). The standard InChI is InChI=1S/C13H11NO3S2/c15-12(14-9-4-2-1-3-5-9)8-18-10-6-11(13(16)17)19-7-10/h1-7H,8H2,(H,14,15)(H,16,17). The van der Waals surface area contributed by atoms with E-state index in [4.69, 9.17) is 5.11 Å². The van der Waals surface area contributed by atoms with Crippen molar-refractivity contribution in [2.24, 2.45) is 0 Å². The molecule has 4 nitrogen and oxygen atoms in total. The molecule has 0 unspecified atom stereocenters. The molecule has 0 aliphatic carbocycles. The summed E-state index contributed by atoms with van der Waals surface area (Å²) in [5.74, 6) is -0.796. The molecule has 1 aromatic carbocycles. The zero-order valence-electron chi connectivity index (χ0n) is 9.83. The van der Waals surface area contributed by atoms with E-state index in [1.54, 1.807) is 11.4 Å². The molecular formula is C13H11NO3S2. The highest BCUT2D eigenvalue weighted by atomic mass is 32.2. The van der Waals surface area contributed by atoms with Gasteiger partial charge < -0.3 is 10.4 Å². The lowest BCUT2D eigenvalue weighted by atomic mass is 10.3. The lowest BCUT2D eigenvalue weighted by Crippen LogP contribution is -2.13. The summed E-state index contributed by atoms with van der Waals surface area (Å²) in [6.45, 7) is 0. The largest absolute Gasteiger partial charge is 0.477 e. The van der Waals surface area contributed by atoms with Gasteiger partial charge in [0.2, 0.25) is 5.91 Å². The van der Waals surface area contributed by atoms with E-state index >= 15 is 0 Å². The van der Waals surface area contributed by atoms with Crippen molar-refractivity contribution in [3.63, 3.8) is 0 Å². The molecule has 0 spiro atoms. The SMILES string of the molecule is O=C(CSc1csc(C(=O)O)c1)Nc1ccccc1. The number of para-hydroxylation sites is 1. The Hall–Kier alpha value is -1.79. The van der Waals surface area contributed by atoms with Crippen LogP contribution in [0.25, 0.3) is 0 Å². The third-order valence-electron chi connectivity index (χ3n) is 2.21. The summed E-state index contributed by atoms with van der Waals surface area (Å²) in [4.78, 5) is 23.5. The summed E-state index contributed by atoms with van der Waals surface area (Å²) < 4.78 is 0. The second kappa shape index (κ2) is 6.40. The fourth-order valence-electron chi connectivity index (χ4n) is 1.37. The van der Waals surface area contributed by atoms with Gasteiger partial charge in [-0.25, -0.2) is 4.79 Å². The first-order chi connectivity index (χ1) is 9.15. The van der Waals surface area contributed by atoms with E-state index in [-0.39, 0.29) is 16.5 Å². The number of thioether (sulfide) groups is 1. The van der Waals surface area contributed by atoms with Crippen molar-refractivity contribution in [3.8, 4) is 0 Å². The van der Waals surface area contributed by atoms with Crippen molar-refractivity contribution < 1.29 is 14.7 Å². The molecule has 0 bridgehead atoms. The Labute approximate surface area is 118 Å². The monoisotopic (exact) mass is 293 g/mol. The number of anilines is 1. The van der Waals surface area contributed by atoms with Crippen LogP contribution in [0.5, 0.6) is 0 Å². The summed E-state index contributed by atoms with van der Waals surface area (Å²) in [5.41, 5.74) is 0.754. The first-order valence-corrected chi connectivity index (χ1v) is 7.31. The summed E-state index contributed by atoms with van der Waals surface area (Å²) in [6.07, 6.45) is 0. The Kier molecular flexibility index (Phi) is 4.59. The molecule has 0 aliphatic rings. The molecule has 0 radical (unpaired) electrons. The van der Waals surface area contributed by atoms with E-state index in [1.165, 1.54) is 11.8 Å². The van der Waals surface area contributed by atoms with Crippen LogP contribution in [0.3, 0.4) is 0 Å². The zero-order chi connectivity index (χ0) is 13.7. The highest BCUT2D eigenvalue weighted by Gasteiger charge is 2.09. The highest BCUT2D eigenvalue weighted by molar-refractivity contribution is 8.00. The van der Waals surface area contributed by atoms with Gasteiger partial charge in [0.1, 0.15) is 4.88 Å². The Bertz CT molecular complexity index is 581. The van der Waals surface area contributed by atoms with Crippen molar-refractivity contribution in [3.05, 3.63) is 46.7 Å². The molecule has 6 heteroatoms. The molecule has 0 atom stereocenters. The van der Waals surface area contributed by atoms with Gasteiger partial charge >= 0.3 is 5.97 Å². The van der Waals surface area contributed by atoms with Crippen LogP contribution in [0.4, 0.5) is 5.69 Å². The minimum absolute atomic E-state index is 0.112. The van der Waals surface area contributed by atoms with E-state index in [0.717, 1.165) is 21.9 Å². The normalized spacial score (nSPS) is 10.1. The molecule has 1 heterocycles. The van der Waals surface area contributed by atoms with E-state index in [2.05, 4.69) is 5.32 Å². The van der Waals surface area contributed by atoms with Gasteiger partial charge in [-0.3, -0.25) is 4.79 Å². The van der Waals surface area contributed by atoms with Gasteiger partial charge in [0.05, 0.1) is 5.75 Å². The second-order valence-electron chi connectivity index (χ2n) is 3.65. The number of rotatable bonds is 5. The van der Waals surface area contributed by atoms with Gasteiger partial charge in [0, 0.05) is 16.0 Å². The van der Waals surface area contributed by atoms with Crippen molar-refractivity contribution in [2.75, 3.05) is 11.1 Å². The van der Waals surface area contributed by atoms with Gasteiger partial charge in [-0.05, 0) is 18.2 Å². The Balaban J connectivity index is 1.84. The summed E-state index contributed by atoms with van der Waals surface area (Å²) >= 11 is 2.48. The smallest absolute Gasteiger partial charge is 0.345 e. The average Bonchev–Trinajstić information content (AvgIpc) is 2.86. The van der Waals surface area contributed by atoms with Crippen LogP contribution in [0, 0.1) is 0 Å². The number of nitrogens with one attached hydrogen (secondary N) is 1. The third-order valence-corrected chi connectivity index (χ3v) is 4.26. The Morgan fingerprint density at radius 3 is 2.63 bits per heavy atom. The highest BCUT2D eigenvalue weighted by Crippen LogP contribution is 2.24. The minimum Gasteiger partial charge on any atom is -0.477 e. The number of aromatic carboxylic acids is 1. The second-order valence-corrected chi connectivity index (χ2v) is 5.61. The summed E-state index contributed by atoms with van der Waals surface area (Å²) in [6, 6.07) is 10.8. The van der Waals surface area contributed by atoms with Gasteiger partial charge in [-0.2, -0.15) is 0 Å². The van der Waals surface area contributed by atoms with Gasteiger partial charge in [-0.1, -0.05) is 18.2 Å². The van der Waals surface area contributed by atoms with Crippen molar-refractivity contribution >= 4 is 40.7 Å². The minimum atomic E-state index is -0.939. The molecule has 1 aromatic heterocycles. The molecule has 2 aromatic rings. The maximum Gasteiger partial charge on any atom is 0.345 e. The number of hydrogen-bond acceptors (Lipinski definition) is 4. The van der Waals surface area contributed by atoms with E-state index < -0.39 is 5.97 Å². The number of hydrogen-bond donors (Lipinski definition) is 2. The number of carbonyl (C=O) groups excluding carboxylic acids is 1. The van der Waals surface area contributed by atoms with Crippen LogP contribution < -0.4 is 5.32 Å². The molecule has 0 saturated heterocycles. The fourth-order valence-corrected chi connectivity index (χ4v) is 3.04. The number of benzene rings is 1. The van der Waals surface area contributed by atoms with Crippen molar-refractivity contribution in [1.29, 1.82) is 0 Å². The third kappa shape index (κ3) is 4.11. The number of thiophene rings is 1. The Morgan fingerprint density at radius 1 is 1.26 bits per heavy atom. The van der Waals surface area contributed by atoms with Crippen LogP contribution in [0.2, 0.25) is 0 Å². The molecule has 1 amide bonds. The zero-order valence-corrected chi connectivity index (χ0v) is 11.5. The summed E-state index contributed by atoms with van der Waals surface area (Å²) in [7, 11) is 0. The fraction of sp³-hybridized carbons (Fsp3) is 0.0769. The van der Waals surface area contributed by atoms with Crippen LogP contribution in [-0.2, 0) is 4.79 Å². The number of carboxylic acids is 1. The van der Waals surface area contributed by atoms with E-state index in [1.807, 2.05) is 30.3 Å².